The van der Waals surface area contributed by atoms with Gasteiger partial charge >= 0.3 is 0 Å². The Bertz CT molecular complexity index is 1060. The van der Waals surface area contributed by atoms with Gasteiger partial charge < -0.3 is 15.0 Å². The number of halogens is 2. The van der Waals surface area contributed by atoms with Crippen LogP contribution in [0.25, 0.3) is 5.69 Å². The lowest BCUT2D eigenvalue weighted by Crippen LogP contribution is -2.37. The fraction of sp³-hybridized carbons (Fsp3) is 0.286. The van der Waals surface area contributed by atoms with Crippen molar-refractivity contribution >= 4 is 52.5 Å². The lowest BCUT2D eigenvalue weighted by Gasteiger charge is -2.28. The summed E-state index contributed by atoms with van der Waals surface area (Å²) in [6, 6.07) is 15.0. The third-order valence-corrected chi connectivity index (χ3v) is 6.65. The van der Waals surface area contributed by atoms with Crippen LogP contribution in [0.15, 0.2) is 53.7 Å². The Morgan fingerprint density at radius 1 is 1.10 bits per heavy atom. The Hall–Kier alpha value is -2.26. The van der Waals surface area contributed by atoms with Gasteiger partial charge in [-0.25, -0.2) is 0 Å². The number of para-hydroxylation sites is 1. The topological polar surface area (TPSA) is 72.3 Å². The van der Waals surface area contributed by atoms with E-state index in [0.29, 0.717) is 34.1 Å². The average molecular weight is 478 g/mol. The third kappa shape index (κ3) is 4.98. The molecule has 10 heteroatoms. The lowest BCUT2D eigenvalue weighted by molar-refractivity contribution is -0.115. The first-order chi connectivity index (χ1) is 15.0. The van der Waals surface area contributed by atoms with Gasteiger partial charge in [0, 0.05) is 13.1 Å². The minimum absolute atomic E-state index is 0.204. The standard InChI is InChI=1S/C21H21Cl2N5O2S/c1-14(19(29)24-17-9-5-8-16(22)18(17)23)31-21-26-25-20(27-10-12-30-13-11-27)28(21)15-6-3-2-4-7-15/h2-9,14H,10-13H2,1H3,(H,24,29). The molecule has 3 aromatic rings. The molecule has 0 saturated carbocycles. The fourth-order valence-electron chi connectivity index (χ4n) is 3.16. The van der Waals surface area contributed by atoms with E-state index >= 15 is 0 Å². The maximum Gasteiger partial charge on any atom is 0.237 e. The van der Waals surface area contributed by atoms with Crippen molar-refractivity contribution in [1.29, 1.82) is 0 Å². The summed E-state index contributed by atoms with van der Waals surface area (Å²) in [6.07, 6.45) is 0. The number of nitrogens with one attached hydrogen (secondary N) is 1. The summed E-state index contributed by atoms with van der Waals surface area (Å²) in [5, 5.41) is 12.6. The Kier molecular flexibility index (Phi) is 7.02. The molecule has 1 saturated heterocycles. The Labute approximate surface area is 194 Å². The van der Waals surface area contributed by atoms with Gasteiger partial charge in [0.05, 0.1) is 39.9 Å². The van der Waals surface area contributed by atoms with Crippen molar-refractivity contribution in [2.45, 2.75) is 17.3 Å². The van der Waals surface area contributed by atoms with E-state index in [4.69, 9.17) is 27.9 Å². The van der Waals surface area contributed by atoms with Crippen molar-refractivity contribution in [2.75, 3.05) is 36.5 Å². The molecule has 162 valence electrons. The molecule has 0 spiro atoms. The van der Waals surface area contributed by atoms with Crippen LogP contribution in [0.4, 0.5) is 11.6 Å². The van der Waals surface area contributed by atoms with Crippen molar-refractivity contribution < 1.29 is 9.53 Å². The molecule has 1 N–H and O–H groups in total. The minimum Gasteiger partial charge on any atom is -0.378 e. The van der Waals surface area contributed by atoms with Gasteiger partial charge in [-0.1, -0.05) is 59.2 Å². The van der Waals surface area contributed by atoms with Crippen LogP contribution in [0.3, 0.4) is 0 Å². The molecule has 0 bridgehead atoms. The van der Waals surface area contributed by atoms with E-state index in [1.807, 2.05) is 41.8 Å². The highest BCUT2D eigenvalue weighted by Gasteiger charge is 2.25. The molecule has 1 aliphatic heterocycles. The molecule has 4 rings (SSSR count). The van der Waals surface area contributed by atoms with Gasteiger partial charge in [-0.05, 0) is 31.2 Å². The molecule has 1 atom stereocenters. The average Bonchev–Trinajstić information content (AvgIpc) is 3.21. The molecule has 7 nitrogen and oxygen atoms in total. The molecule has 2 heterocycles. The minimum atomic E-state index is -0.445. The number of morpholine rings is 1. The van der Waals surface area contributed by atoms with Gasteiger partial charge in [0.2, 0.25) is 11.9 Å². The van der Waals surface area contributed by atoms with Crippen molar-refractivity contribution in [3.63, 3.8) is 0 Å². The number of hydrogen-bond acceptors (Lipinski definition) is 6. The van der Waals surface area contributed by atoms with Crippen LogP contribution in [0.1, 0.15) is 6.92 Å². The number of thioether (sulfide) groups is 1. The monoisotopic (exact) mass is 477 g/mol. The number of nitrogens with zero attached hydrogens (tertiary/aromatic N) is 4. The molecule has 31 heavy (non-hydrogen) atoms. The Morgan fingerprint density at radius 3 is 2.58 bits per heavy atom. The number of anilines is 2. The summed E-state index contributed by atoms with van der Waals surface area (Å²) >= 11 is 13.6. The smallest absolute Gasteiger partial charge is 0.237 e. The number of ether oxygens (including phenoxy) is 1. The third-order valence-electron chi connectivity index (χ3n) is 4.79. The molecular formula is C21H21Cl2N5O2S. The second kappa shape index (κ2) is 9.91. The highest BCUT2D eigenvalue weighted by molar-refractivity contribution is 8.00. The molecule has 1 aromatic heterocycles. The van der Waals surface area contributed by atoms with E-state index in [1.54, 1.807) is 18.2 Å². The van der Waals surface area contributed by atoms with Crippen LogP contribution in [-0.4, -0.2) is 52.2 Å². The van der Waals surface area contributed by atoms with Crippen molar-refractivity contribution in [1.82, 2.24) is 14.8 Å². The van der Waals surface area contributed by atoms with Crippen molar-refractivity contribution in [3.05, 3.63) is 58.6 Å². The van der Waals surface area contributed by atoms with E-state index in [1.165, 1.54) is 11.8 Å². The molecule has 1 amide bonds. The molecule has 2 aromatic carbocycles. The van der Waals surface area contributed by atoms with Gasteiger partial charge in [0.1, 0.15) is 0 Å². The largest absolute Gasteiger partial charge is 0.378 e. The number of hydrogen-bond donors (Lipinski definition) is 1. The van der Waals surface area contributed by atoms with Gasteiger partial charge in [-0.15, -0.1) is 10.2 Å². The van der Waals surface area contributed by atoms with Crippen LogP contribution in [-0.2, 0) is 9.53 Å². The predicted octanol–water partition coefficient (Wildman–Crippen LogP) is 4.53. The van der Waals surface area contributed by atoms with E-state index in [2.05, 4.69) is 20.4 Å². The molecular weight excluding hydrogens is 457 g/mol. The molecule has 1 fully saturated rings. The van der Waals surface area contributed by atoms with E-state index < -0.39 is 5.25 Å². The van der Waals surface area contributed by atoms with E-state index in [0.717, 1.165) is 24.7 Å². The number of amides is 1. The second-order valence-corrected chi connectivity index (χ2v) is 9.00. The number of carbonyl (C=O) groups is 1. The SMILES string of the molecule is CC(Sc1nnc(N2CCOCC2)n1-c1ccccc1)C(=O)Nc1cccc(Cl)c1Cl. The summed E-state index contributed by atoms with van der Waals surface area (Å²) in [5.74, 6) is 0.534. The van der Waals surface area contributed by atoms with Gasteiger partial charge in [0.15, 0.2) is 5.16 Å². The van der Waals surface area contributed by atoms with Crippen LogP contribution in [0.2, 0.25) is 10.0 Å². The first-order valence-corrected chi connectivity index (χ1v) is 11.4. The van der Waals surface area contributed by atoms with E-state index in [-0.39, 0.29) is 5.91 Å². The summed E-state index contributed by atoms with van der Waals surface area (Å²) in [5.41, 5.74) is 1.41. The van der Waals surface area contributed by atoms with Crippen molar-refractivity contribution in [3.8, 4) is 5.69 Å². The predicted molar refractivity (Wildman–Crippen MR) is 125 cm³/mol. The summed E-state index contributed by atoms with van der Waals surface area (Å²) in [4.78, 5) is 15.0. The summed E-state index contributed by atoms with van der Waals surface area (Å²) in [7, 11) is 0. The maximum absolute atomic E-state index is 12.8. The van der Waals surface area contributed by atoms with Crippen LogP contribution >= 0.6 is 35.0 Å². The zero-order chi connectivity index (χ0) is 21.8. The van der Waals surface area contributed by atoms with Crippen molar-refractivity contribution in [2.24, 2.45) is 0 Å². The molecule has 0 radical (unpaired) electrons. The zero-order valence-corrected chi connectivity index (χ0v) is 19.1. The molecule has 0 aliphatic carbocycles. The van der Waals surface area contributed by atoms with Crippen LogP contribution in [0.5, 0.6) is 0 Å². The molecule has 1 unspecified atom stereocenters. The Morgan fingerprint density at radius 2 is 1.84 bits per heavy atom. The number of benzene rings is 2. The lowest BCUT2D eigenvalue weighted by atomic mass is 10.3. The number of aromatic nitrogens is 3. The van der Waals surface area contributed by atoms with Gasteiger partial charge in [-0.3, -0.25) is 9.36 Å². The summed E-state index contributed by atoms with van der Waals surface area (Å²) < 4.78 is 7.45. The first-order valence-electron chi connectivity index (χ1n) is 9.79. The molecule has 1 aliphatic rings. The van der Waals surface area contributed by atoms with E-state index in [9.17, 15) is 4.79 Å². The number of rotatable bonds is 6. The maximum atomic E-state index is 12.8. The zero-order valence-electron chi connectivity index (χ0n) is 16.8. The van der Waals surface area contributed by atoms with Gasteiger partial charge in [-0.2, -0.15) is 0 Å². The van der Waals surface area contributed by atoms with Gasteiger partial charge in [0.25, 0.3) is 0 Å². The second-order valence-electron chi connectivity index (χ2n) is 6.90. The van der Waals surface area contributed by atoms with Crippen LogP contribution in [0, 0.1) is 0 Å². The highest BCUT2D eigenvalue weighted by atomic mass is 35.5. The number of carbonyl (C=O) groups excluding carboxylic acids is 1. The van der Waals surface area contributed by atoms with Crippen LogP contribution < -0.4 is 10.2 Å². The normalized spacial score (nSPS) is 15.0. The first kappa shape index (κ1) is 22.0. The summed E-state index contributed by atoms with van der Waals surface area (Å²) in [6.45, 7) is 4.57. The fourth-order valence-corrected chi connectivity index (χ4v) is 4.37. The highest BCUT2D eigenvalue weighted by Crippen LogP contribution is 2.32. The Balaban J connectivity index is 1.58. The quantitative estimate of drug-likeness (QED) is 0.525.